The number of carbonyl (C=O) groups excluding carboxylic acids is 1. The van der Waals surface area contributed by atoms with Gasteiger partial charge in [-0.05, 0) is 24.1 Å². The Hall–Kier alpha value is -2.19. The largest absolute Gasteiger partial charge is 0.406 e. The van der Waals surface area contributed by atoms with Gasteiger partial charge >= 0.3 is 5.91 Å². The van der Waals surface area contributed by atoms with Crippen LogP contribution >= 0.6 is 11.6 Å². The first-order valence-electron chi connectivity index (χ1n) is 8.74. The van der Waals surface area contributed by atoms with Gasteiger partial charge in [-0.2, -0.15) is 15.1 Å². The molecule has 1 amide bonds. The van der Waals surface area contributed by atoms with Crippen LogP contribution in [0.15, 0.2) is 6.20 Å². The highest BCUT2D eigenvalue weighted by molar-refractivity contribution is 6.74. The van der Waals surface area contributed by atoms with Crippen LogP contribution in [0.1, 0.15) is 20.8 Å². The molecule has 0 saturated heterocycles. The maximum absolute atomic E-state index is 12.4. The summed E-state index contributed by atoms with van der Waals surface area (Å²) in [5.41, 5.74) is 6.20. The maximum Gasteiger partial charge on any atom is 0.318 e. The predicted octanol–water partition coefficient (Wildman–Crippen LogP) is 1.88. The molecule has 2 aromatic rings. The van der Waals surface area contributed by atoms with Crippen molar-refractivity contribution in [3.63, 3.8) is 0 Å². The minimum absolute atomic E-state index is 0.0312. The lowest BCUT2D eigenvalue weighted by Gasteiger charge is -2.35. The van der Waals surface area contributed by atoms with E-state index in [2.05, 4.69) is 60.8 Å². The molecule has 0 aliphatic rings. The summed E-state index contributed by atoms with van der Waals surface area (Å²) in [6.45, 7) is 11.2. The molecule has 0 radical (unpaired) electrons. The van der Waals surface area contributed by atoms with E-state index in [0.717, 1.165) is 5.01 Å². The summed E-state index contributed by atoms with van der Waals surface area (Å²) in [5, 5.41) is 5.57. The van der Waals surface area contributed by atoms with E-state index in [4.69, 9.17) is 27.6 Å². The number of nitrogens with zero attached hydrogens (tertiary/aromatic N) is 5. The van der Waals surface area contributed by atoms with Crippen LogP contribution in [0, 0.1) is 11.8 Å². The third-order valence-electron chi connectivity index (χ3n) is 4.74. The van der Waals surface area contributed by atoms with Gasteiger partial charge in [-0.1, -0.05) is 26.7 Å². The smallest absolute Gasteiger partial charge is 0.318 e. The Balaban J connectivity index is 2.19. The number of aromatic nitrogens is 4. The van der Waals surface area contributed by atoms with E-state index < -0.39 is 14.2 Å². The summed E-state index contributed by atoms with van der Waals surface area (Å²) in [5.74, 6) is 11.0. The number of carbonyl (C=O) groups is 1. The van der Waals surface area contributed by atoms with E-state index in [1.807, 2.05) is 0 Å². The Labute approximate surface area is 170 Å². The zero-order valence-corrected chi connectivity index (χ0v) is 18.5. The molecule has 2 heterocycles. The minimum atomic E-state index is -1.93. The highest BCUT2D eigenvalue weighted by Crippen LogP contribution is 2.36. The van der Waals surface area contributed by atoms with Crippen molar-refractivity contribution in [2.75, 3.05) is 23.2 Å². The Bertz CT molecular complexity index is 927. The number of aryl methyl sites for hydroxylation is 1. The highest BCUT2D eigenvalue weighted by Gasteiger charge is 2.36. The number of amides is 1. The number of alkyl halides is 1. The van der Waals surface area contributed by atoms with Crippen LogP contribution in [0.25, 0.3) is 11.0 Å². The normalized spacial score (nSPS) is 12.0. The molecule has 0 aliphatic heterocycles. The van der Waals surface area contributed by atoms with Crippen LogP contribution in [-0.2, 0) is 15.8 Å². The Morgan fingerprint density at radius 3 is 2.68 bits per heavy atom. The first-order valence-corrected chi connectivity index (χ1v) is 12.2. The first kappa shape index (κ1) is 22.1. The zero-order valence-electron chi connectivity index (χ0n) is 16.8. The molecule has 152 valence electrons. The van der Waals surface area contributed by atoms with Crippen molar-refractivity contribution in [2.45, 2.75) is 45.4 Å². The van der Waals surface area contributed by atoms with Gasteiger partial charge in [-0.25, -0.2) is 15.5 Å². The number of hydrazine groups is 1. The van der Waals surface area contributed by atoms with E-state index in [1.54, 1.807) is 4.68 Å². The molecule has 0 unspecified atom stereocenters. The molecule has 2 aromatic heterocycles. The van der Waals surface area contributed by atoms with Gasteiger partial charge in [0, 0.05) is 5.88 Å². The predicted molar refractivity (Wildman–Crippen MR) is 113 cm³/mol. The second-order valence-electron chi connectivity index (χ2n) is 7.73. The van der Waals surface area contributed by atoms with Crippen molar-refractivity contribution in [1.82, 2.24) is 19.7 Å². The molecule has 0 saturated carbocycles. The van der Waals surface area contributed by atoms with Gasteiger partial charge in [0.05, 0.1) is 24.7 Å². The topological polar surface area (TPSA) is 125 Å². The molecule has 2 rings (SSSR count). The molecule has 11 heteroatoms. The van der Waals surface area contributed by atoms with Crippen LogP contribution in [0.5, 0.6) is 0 Å². The van der Waals surface area contributed by atoms with Crippen LogP contribution in [0.2, 0.25) is 18.1 Å². The number of fused-ring (bicyclic) bond motifs is 1. The van der Waals surface area contributed by atoms with Crippen LogP contribution in [0.4, 0.5) is 11.8 Å². The molecular formula is C17H26ClN7O2Si. The van der Waals surface area contributed by atoms with Crippen molar-refractivity contribution >= 4 is 48.6 Å². The van der Waals surface area contributed by atoms with Crippen molar-refractivity contribution in [1.29, 1.82) is 0 Å². The van der Waals surface area contributed by atoms with Crippen molar-refractivity contribution < 1.29 is 9.22 Å². The Kier molecular flexibility index (Phi) is 6.66. The number of halogens is 1. The van der Waals surface area contributed by atoms with Crippen LogP contribution in [0.3, 0.4) is 0 Å². The lowest BCUT2D eigenvalue weighted by molar-refractivity contribution is -0.113. The first-order chi connectivity index (χ1) is 13.0. The lowest BCUT2D eigenvalue weighted by Crippen LogP contribution is -2.41. The number of rotatable bonds is 5. The fourth-order valence-electron chi connectivity index (χ4n) is 2.09. The van der Waals surface area contributed by atoms with Gasteiger partial charge in [0.1, 0.15) is 0 Å². The van der Waals surface area contributed by atoms with E-state index in [9.17, 15) is 4.79 Å². The third kappa shape index (κ3) is 4.80. The van der Waals surface area contributed by atoms with Crippen LogP contribution in [-0.4, -0.2) is 46.5 Å². The molecule has 0 fully saturated rings. The number of hydrogen-bond acceptors (Lipinski definition) is 7. The molecule has 0 bridgehead atoms. The van der Waals surface area contributed by atoms with Crippen LogP contribution < -0.4 is 16.6 Å². The molecule has 0 atom stereocenters. The fourth-order valence-corrected chi connectivity index (χ4v) is 3.11. The highest BCUT2D eigenvalue weighted by atomic mass is 35.5. The second kappa shape index (κ2) is 8.44. The number of nitrogens with two attached hydrogens (primary N) is 2. The van der Waals surface area contributed by atoms with E-state index in [0.29, 0.717) is 23.5 Å². The molecule has 0 aliphatic carbocycles. The molecular weight excluding hydrogens is 398 g/mol. The van der Waals surface area contributed by atoms with Gasteiger partial charge < -0.3 is 10.2 Å². The summed E-state index contributed by atoms with van der Waals surface area (Å²) >= 11 is 5.76. The summed E-state index contributed by atoms with van der Waals surface area (Å²) in [4.78, 5) is 20.6. The Morgan fingerprint density at radius 1 is 1.39 bits per heavy atom. The fraction of sp³-hybridized carbons (Fsp3) is 0.529. The standard InChI is InChI=1S/C17H26ClN7O2Si/c1-17(2,3)28(4,5)27-10-6-7-13(26)25(20)15-12-11-21-24(9-8-18)14(12)22-16(19)23-15/h11H,8-10,20H2,1-5H3,(H2,19,22,23). The van der Waals surface area contributed by atoms with E-state index in [1.165, 1.54) is 6.20 Å². The average Bonchev–Trinajstić information content (AvgIpc) is 2.99. The Morgan fingerprint density at radius 2 is 2.07 bits per heavy atom. The van der Waals surface area contributed by atoms with Gasteiger partial charge in [0.15, 0.2) is 19.8 Å². The second-order valence-corrected chi connectivity index (χ2v) is 12.9. The van der Waals surface area contributed by atoms with E-state index in [-0.39, 0.29) is 23.4 Å². The molecule has 9 nitrogen and oxygen atoms in total. The minimum Gasteiger partial charge on any atom is -0.406 e. The molecule has 4 N–H and O–H groups in total. The average molecular weight is 424 g/mol. The summed E-state index contributed by atoms with van der Waals surface area (Å²) in [6.07, 6.45) is 1.51. The zero-order chi connectivity index (χ0) is 21.1. The SMILES string of the molecule is CC(C)(C)[Si](C)(C)OCC#CC(=O)N(N)c1nc(N)nc2c1cnn2CCCl. The quantitative estimate of drug-likeness (QED) is 0.188. The van der Waals surface area contributed by atoms with Gasteiger partial charge in [-0.3, -0.25) is 4.79 Å². The van der Waals surface area contributed by atoms with Gasteiger partial charge in [0.2, 0.25) is 5.95 Å². The summed E-state index contributed by atoms with van der Waals surface area (Å²) in [6, 6.07) is 0. The maximum atomic E-state index is 12.4. The van der Waals surface area contributed by atoms with Gasteiger partial charge in [0.25, 0.3) is 0 Å². The third-order valence-corrected chi connectivity index (χ3v) is 9.39. The summed E-state index contributed by atoms with van der Waals surface area (Å²) in [7, 11) is -1.93. The van der Waals surface area contributed by atoms with Crippen molar-refractivity contribution in [3.05, 3.63) is 6.20 Å². The van der Waals surface area contributed by atoms with Crippen molar-refractivity contribution in [3.8, 4) is 11.8 Å². The molecule has 0 spiro atoms. The summed E-state index contributed by atoms with van der Waals surface area (Å²) < 4.78 is 7.50. The number of nitrogen functional groups attached to an aromatic ring is 1. The van der Waals surface area contributed by atoms with E-state index >= 15 is 0 Å². The molecule has 28 heavy (non-hydrogen) atoms. The van der Waals surface area contributed by atoms with Gasteiger partial charge in [-0.15, -0.1) is 11.6 Å². The number of hydrogen-bond donors (Lipinski definition) is 2. The number of anilines is 2. The lowest BCUT2D eigenvalue weighted by atomic mass is 10.2. The molecule has 0 aromatic carbocycles. The monoisotopic (exact) mass is 423 g/mol. The van der Waals surface area contributed by atoms with Crippen molar-refractivity contribution in [2.24, 2.45) is 5.84 Å².